The highest BCUT2D eigenvalue weighted by Crippen LogP contribution is 2.32. The van der Waals surface area contributed by atoms with Crippen LogP contribution >= 0.6 is 23.2 Å². The molecule has 1 atom stereocenters. The molecule has 1 nitrogen and oxygen atoms in total. The fraction of sp³-hybridized carbons (Fsp3) is 0.333. The first kappa shape index (κ1) is 12.6. The van der Waals surface area contributed by atoms with Crippen LogP contribution in [0.25, 0.3) is 0 Å². The SMILES string of the molecule is C=C(C)CC(NC)c1c(Cl)cccc1Cl. The number of hydrogen-bond donors (Lipinski definition) is 1. The molecule has 1 aromatic carbocycles. The highest BCUT2D eigenvalue weighted by molar-refractivity contribution is 6.36. The summed E-state index contributed by atoms with van der Waals surface area (Å²) >= 11 is 12.3. The Balaban J connectivity index is 3.05. The molecule has 0 bridgehead atoms. The number of nitrogens with one attached hydrogen (secondary N) is 1. The first-order valence-corrected chi connectivity index (χ1v) is 5.57. The molecule has 0 aliphatic heterocycles. The van der Waals surface area contributed by atoms with E-state index in [0.29, 0.717) is 10.0 Å². The lowest BCUT2D eigenvalue weighted by Crippen LogP contribution is -2.17. The van der Waals surface area contributed by atoms with E-state index in [4.69, 9.17) is 23.2 Å². The molecule has 0 aliphatic rings. The molecule has 3 heteroatoms. The third kappa shape index (κ3) is 3.23. The average Bonchev–Trinajstić information content (AvgIpc) is 2.15. The van der Waals surface area contributed by atoms with E-state index < -0.39 is 0 Å². The maximum Gasteiger partial charge on any atom is 0.0468 e. The molecular weight excluding hydrogens is 229 g/mol. The molecule has 0 heterocycles. The predicted molar refractivity (Wildman–Crippen MR) is 67.7 cm³/mol. The van der Waals surface area contributed by atoms with Gasteiger partial charge in [-0.3, -0.25) is 0 Å². The van der Waals surface area contributed by atoms with Crippen molar-refractivity contribution in [2.45, 2.75) is 19.4 Å². The van der Waals surface area contributed by atoms with Crippen LogP contribution < -0.4 is 5.32 Å². The number of halogens is 2. The molecule has 1 N–H and O–H groups in total. The summed E-state index contributed by atoms with van der Waals surface area (Å²) in [6.07, 6.45) is 0.833. The molecule has 0 spiro atoms. The molecule has 0 fully saturated rings. The fourth-order valence-electron chi connectivity index (χ4n) is 1.54. The topological polar surface area (TPSA) is 12.0 Å². The first-order chi connectivity index (χ1) is 7.06. The van der Waals surface area contributed by atoms with Gasteiger partial charge in [0.25, 0.3) is 0 Å². The van der Waals surface area contributed by atoms with E-state index in [1.54, 1.807) is 0 Å². The van der Waals surface area contributed by atoms with Gasteiger partial charge in [0, 0.05) is 21.7 Å². The third-order valence-electron chi connectivity index (χ3n) is 2.25. The minimum absolute atomic E-state index is 0.128. The van der Waals surface area contributed by atoms with Gasteiger partial charge in [-0.25, -0.2) is 0 Å². The molecular formula is C12H15Cl2N. The summed E-state index contributed by atoms with van der Waals surface area (Å²) in [6, 6.07) is 5.68. The second-order valence-electron chi connectivity index (χ2n) is 3.64. The van der Waals surface area contributed by atoms with Crippen LogP contribution in [0.15, 0.2) is 30.4 Å². The summed E-state index contributed by atoms with van der Waals surface area (Å²) in [5, 5.41) is 4.60. The van der Waals surface area contributed by atoms with Crippen molar-refractivity contribution in [3.63, 3.8) is 0 Å². The molecule has 0 saturated carbocycles. The standard InChI is InChI=1S/C12H15Cl2N/c1-8(2)7-11(15-3)12-9(13)5-4-6-10(12)14/h4-6,11,15H,1,7H2,2-3H3. The highest BCUT2D eigenvalue weighted by Gasteiger charge is 2.15. The molecule has 0 aromatic heterocycles. The lowest BCUT2D eigenvalue weighted by Gasteiger charge is -2.19. The van der Waals surface area contributed by atoms with Gasteiger partial charge in [0.05, 0.1) is 0 Å². The van der Waals surface area contributed by atoms with E-state index >= 15 is 0 Å². The largest absolute Gasteiger partial charge is 0.313 e. The maximum absolute atomic E-state index is 6.13. The monoisotopic (exact) mass is 243 g/mol. The van der Waals surface area contributed by atoms with Gasteiger partial charge in [-0.05, 0) is 32.5 Å². The highest BCUT2D eigenvalue weighted by atomic mass is 35.5. The number of rotatable bonds is 4. The van der Waals surface area contributed by atoms with E-state index in [0.717, 1.165) is 17.6 Å². The Labute approximate surface area is 101 Å². The van der Waals surface area contributed by atoms with Gasteiger partial charge >= 0.3 is 0 Å². The minimum Gasteiger partial charge on any atom is -0.313 e. The molecule has 1 unspecified atom stereocenters. The summed E-state index contributed by atoms with van der Waals surface area (Å²) in [5.41, 5.74) is 2.05. The smallest absolute Gasteiger partial charge is 0.0468 e. The van der Waals surface area contributed by atoms with Crippen molar-refractivity contribution in [2.75, 3.05) is 7.05 Å². The zero-order valence-electron chi connectivity index (χ0n) is 8.98. The van der Waals surface area contributed by atoms with Gasteiger partial charge in [0.15, 0.2) is 0 Å². The summed E-state index contributed by atoms with van der Waals surface area (Å²) in [5.74, 6) is 0. The zero-order valence-corrected chi connectivity index (χ0v) is 10.5. The Hall–Kier alpha value is -0.500. The molecule has 82 valence electrons. The van der Waals surface area contributed by atoms with Gasteiger partial charge in [-0.2, -0.15) is 0 Å². The zero-order chi connectivity index (χ0) is 11.4. The predicted octanol–water partition coefficient (Wildman–Crippen LogP) is 4.22. The van der Waals surface area contributed by atoms with Crippen LogP contribution in [0.2, 0.25) is 10.0 Å². The van der Waals surface area contributed by atoms with E-state index in [2.05, 4.69) is 11.9 Å². The molecule has 0 saturated heterocycles. The Morgan fingerprint density at radius 3 is 2.33 bits per heavy atom. The molecule has 1 rings (SSSR count). The summed E-state index contributed by atoms with van der Waals surface area (Å²) in [4.78, 5) is 0. The van der Waals surface area contributed by atoms with Crippen LogP contribution in [0, 0.1) is 0 Å². The lowest BCUT2D eigenvalue weighted by molar-refractivity contribution is 0.590. The van der Waals surface area contributed by atoms with Crippen molar-refractivity contribution in [1.82, 2.24) is 5.32 Å². The van der Waals surface area contributed by atoms with E-state index in [1.165, 1.54) is 0 Å². The summed E-state index contributed by atoms with van der Waals surface area (Å²) in [6.45, 7) is 5.90. The van der Waals surface area contributed by atoms with Crippen LogP contribution in [-0.4, -0.2) is 7.05 Å². The van der Waals surface area contributed by atoms with E-state index in [1.807, 2.05) is 32.2 Å². The van der Waals surface area contributed by atoms with E-state index in [-0.39, 0.29) is 6.04 Å². The van der Waals surface area contributed by atoms with Crippen LogP contribution in [0.5, 0.6) is 0 Å². The van der Waals surface area contributed by atoms with Gasteiger partial charge in [0.2, 0.25) is 0 Å². The van der Waals surface area contributed by atoms with Gasteiger partial charge < -0.3 is 5.32 Å². The second kappa shape index (κ2) is 5.55. The van der Waals surface area contributed by atoms with Gasteiger partial charge in [0.1, 0.15) is 0 Å². The van der Waals surface area contributed by atoms with Crippen molar-refractivity contribution >= 4 is 23.2 Å². The van der Waals surface area contributed by atoms with Crippen molar-refractivity contribution in [3.8, 4) is 0 Å². The summed E-state index contributed by atoms with van der Waals surface area (Å²) < 4.78 is 0. The normalized spacial score (nSPS) is 12.5. The fourth-order valence-corrected chi connectivity index (χ4v) is 2.20. The number of hydrogen-bond acceptors (Lipinski definition) is 1. The number of benzene rings is 1. The minimum atomic E-state index is 0.128. The Bertz CT molecular complexity index is 340. The van der Waals surface area contributed by atoms with E-state index in [9.17, 15) is 0 Å². The van der Waals surface area contributed by atoms with Crippen molar-refractivity contribution < 1.29 is 0 Å². The molecule has 0 amide bonds. The van der Waals surface area contributed by atoms with Crippen LogP contribution in [-0.2, 0) is 0 Å². The third-order valence-corrected chi connectivity index (χ3v) is 2.91. The average molecular weight is 244 g/mol. The van der Waals surface area contributed by atoms with Crippen molar-refractivity contribution in [3.05, 3.63) is 46.0 Å². The molecule has 0 radical (unpaired) electrons. The Kier molecular flexibility index (Phi) is 4.65. The molecule has 1 aromatic rings. The van der Waals surface area contributed by atoms with Gasteiger partial charge in [-0.1, -0.05) is 34.8 Å². The molecule has 0 aliphatic carbocycles. The van der Waals surface area contributed by atoms with Crippen molar-refractivity contribution in [2.24, 2.45) is 0 Å². The van der Waals surface area contributed by atoms with Crippen LogP contribution in [0.1, 0.15) is 24.9 Å². The lowest BCUT2D eigenvalue weighted by atomic mass is 10.0. The maximum atomic E-state index is 6.13. The molecule has 15 heavy (non-hydrogen) atoms. The van der Waals surface area contributed by atoms with Crippen LogP contribution in [0.3, 0.4) is 0 Å². The Morgan fingerprint density at radius 2 is 1.93 bits per heavy atom. The quantitative estimate of drug-likeness (QED) is 0.782. The summed E-state index contributed by atoms with van der Waals surface area (Å²) in [7, 11) is 1.90. The second-order valence-corrected chi connectivity index (χ2v) is 4.45. The van der Waals surface area contributed by atoms with Crippen molar-refractivity contribution in [1.29, 1.82) is 0 Å². The van der Waals surface area contributed by atoms with Crippen LogP contribution in [0.4, 0.5) is 0 Å². The first-order valence-electron chi connectivity index (χ1n) is 4.81. The van der Waals surface area contributed by atoms with Gasteiger partial charge in [-0.15, -0.1) is 6.58 Å². The Morgan fingerprint density at radius 1 is 1.40 bits per heavy atom.